The van der Waals surface area contributed by atoms with Gasteiger partial charge in [0, 0.05) is 12.3 Å². The predicted molar refractivity (Wildman–Crippen MR) is 77.8 cm³/mol. The van der Waals surface area contributed by atoms with E-state index in [2.05, 4.69) is 10.4 Å². The number of phosphoric acid groups is 1. The van der Waals surface area contributed by atoms with Gasteiger partial charge in [0.05, 0.1) is 6.61 Å². The second kappa shape index (κ2) is 7.42. The van der Waals surface area contributed by atoms with Crippen molar-refractivity contribution in [2.75, 3.05) is 13.2 Å². The molecule has 11 nitrogen and oxygen atoms in total. The summed E-state index contributed by atoms with van der Waals surface area (Å²) in [6.45, 7) is -0.920. The normalized spacial score (nSPS) is 27.1. The van der Waals surface area contributed by atoms with Crippen molar-refractivity contribution in [3.63, 3.8) is 0 Å². The minimum absolute atomic E-state index is 0.262. The van der Waals surface area contributed by atoms with Gasteiger partial charge in [0.25, 0.3) is 5.56 Å². The second-order valence-corrected chi connectivity index (χ2v) is 6.00. The number of nitrogens with zero attached hydrogens (tertiary/aromatic N) is 1. The molecule has 0 aliphatic carbocycles. The number of aromatic amines is 1. The fraction of sp³-hybridized carbons (Fsp3) is 0.500. The summed E-state index contributed by atoms with van der Waals surface area (Å²) in [4.78, 5) is 43.1. The molecule has 0 saturated carbocycles. The second-order valence-electron chi connectivity index (χ2n) is 4.81. The fourth-order valence-corrected chi connectivity index (χ4v) is 2.89. The molecule has 1 aliphatic rings. The van der Waals surface area contributed by atoms with Crippen LogP contribution in [0.2, 0.25) is 0 Å². The average molecular weight is 362 g/mol. The standard InChI is InChI=1S/C12H15N2O9P/c1-2-5-21-10-9(23-24(18,19)20)7(6-15)22-11(10)14-4-3-8(16)13-12(14)17/h1,3-4,7,9-11,15H,5-6H2,(H,13,16,17)(H2,18,19,20). The first-order chi connectivity index (χ1) is 11.3. The highest BCUT2D eigenvalue weighted by Crippen LogP contribution is 2.44. The van der Waals surface area contributed by atoms with Crippen molar-refractivity contribution < 1.29 is 33.5 Å². The van der Waals surface area contributed by atoms with Crippen LogP contribution in [0.25, 0.3) is 0 Å². The van der Waals surface area contributed by atoms with E-state index >= 15 is 0 Å². The summed E-state index contributed by atoms with van der Waals surface area (Å²) >= 11 is 0. The van der Waals surface area contributed by atoms with Gasteiger partial charge in [0.1, 0.15) is 24.9 Å². The Morgan fingerprint density at radius 1 is 1.42 bits per heavy atom. The molecule has 1 aliphatic heterocycles. The van der Waals surface area contributed by atoms with Crippen molar-refractivity contribution in [3.05, 3.63) is 33.1 Å². The number of rotatable bonds is 6. The van der Waals surface area contributed by atoms with Gasteiger partial charge in [-0.25, -0.2) is 9.36 Å². The van der Waals surface area contributed by atoms with Gasteiger partial charge < -0.3 is 24.4 Å². The molecule has 0 amide bonds. The van der Waals surface area contributed by atoms with E-state index in [0.717, 1.165) is 16.8 Å². The van der Waals surface area contributed by atoms with Crippen LogP contribution >= 0.6 is 7.82 Å². The maximum absolute atomic E-state index is 11.9. The van der Waals surface area contributed by atoms with E-state index in [-0.39, 0.29) is 6.61 Å². The molecule has 0 spiro atoms. The number of terminal acetylenes is 1. The van der Waals surface area contributed by atoms with Crippen molar-refractivity contribution in [3.8, 4) is 12.3 Å². The molecule has 0 bridgehead atoms. The van der Waals surface area contributed by atoms with Gasteiger partial charge >= 0.3 is 13.5 Å². The summed E-state index contributed by atoms with van der Waals surface area (Å²) in [5, 5.41) is 9.36. The minimum atomic E-state index is -4.94. The highest BCUT2D eigenvalue weighted by Gasteiger charge is 2.49. The molecule has 2 heterocycles. The Labute approximate surface area is 135 Å². The topological polar surface area (TPSA) is 160 Å². The van der Waals surface area contributed by atoms with E-state index in [1.807, 2.05) is 4.98 Å². The molecule has 4 unspecified atom stereocenters. The maximum atomic E-state index is 11.9. The minimum Gasteiger partial charge on any atom is -0.394 e. The molecular formula is C12H15N2O9P. The lowest BCUT2D eigenvalue weighted by atomic mass is 10.1. The van der Waals surface area contributed by atoms with Crippen LogP contribution in [0.15, 0.2) is 21.9 Å². The van der Waals surface area contributed by atoms with Gasteiger partial charge in [-0.3, -0.25) is 18.9 Å². The summed E-state index contributed by atoms with van der Waals surface area (Å²) in [6, 6.07) is 1.05. The van der Waals surface area contributed by atoms with Gasteiger partial charge in [0.2, 0.25) is 0 Å². The van der Waals surface area contributed by atoms with Gasteiger partial charge in [-0.15, -0.1) is 6.42 Å². The van der Waals surface area contributed by atoms with E-state index in [9.17, 15) is 19.3 Å². The molecule has 1 aromatic rings. The lowest BCUT2D eigenvalue weighted by Crippen LogP contribution is -2.40. The summed E-state index contributed by atoms with van der Waals surface area (Å²) in [7, 11) is -4.94. The zero-order chi connectivity index (χ0) is 17.9. The first-order valence-corrected chi connectivity index (χ1v) is 8.16. The predicted octanol–water partition coefficient (Wildman–Crippen LogP) is -2.08. The van der Waals surface area contributed by atoms with E-state index in [4.69, 9.17) is 25.7 Å². The van der Waals surface area contributed by atoms with Gasteiger partial charge in [-0.1, -0.05) is 5.92 Å². The summed E-state index contributed by atoms with van der Waals surface area (Å²) in [5.41, 5.74) is -1.48. The van der Waals surface area contributed by atoms with Crippen molar-refractivity contribution in [1.82, 2.24) is 9.55 Å². The number of hydrogen-bond acceptors (Lipinski definition) is 7. The molecular weight excluding hydrogens is 347 g/mol. The Hall–Kier alpha value is -1.77. The monoisotopic (exact) mass is 362 g/mol. The lowest BCUT2D eigenvalue weighted by molar-refractivity contribution is -0.0677. The van der Waals surface area contributed by atoms with E-state index < -0.39 is 50.2 Å². The zero-order valence-electron chi connectivity index (χ0n) is 12.1. The SMILES string of the molecule is C#CCOC1C(OP(=O)(O)O)C(CO)OC1n1ccc(=O)[nH]c1=O. The van der Waals surface area contributed by atoms with Crippen LogP contribution in [0.4, 0.5) is 0 Å². The van der Waals surface area contributed by atoms with Crippen LogP contribution in [-0.2, 0) is 18.6 Å². The molecule has 12 heteroatoms. The number of nitrogens with one attached hydrogen (secondary N) is 1. The molecule has 1 fully saturated rings. The largest absolute Gasteiger partial charge is 0.470 e. The van der Waals surface area contributed by atoms with E-state index in [1.54, 1.807) is 0 Å². The van der Waals surface area contributed by atoms with Crippen LogP contribution in [0, 0.1) is 12.3 Å². The third-order valence-electron chi connectivity index (χ3n) is 3.21. The number of H-pyrrole nitrogens is 1. The van der Waals surface area contributed by atoms with Crippen LogP contribution in [0.1, 0.15) is 6.23 Å². The number of hydrogen-bond donors (Lipinski definition) is 4. The van der Waals surface area contributed by atoms with Crippen LogP contribution in [-0.4, -0.2) is 56.0 Å². The van der Waals surface area contributed by atoms with Gasteiger partial charge in [0.15, 0.2) is 6.23 Å². The quantitative estimate of drug-likeness (QED) is 0.329. The van der Waals surface area contributed by atoms with Crippen molar-refractivity contribution in [2.45, 2.75) is 24.5 Å². The molecule has 24 heavy (non-hydrogen) atoms. The molecule has 4 N–H and O–H groups in total. The molecule has 2 rings (SSSR count). The number of aliphatic hydroxyl groups excluding tert-OH is 1. The Morgan fingerprint density at radius 2 is 2.12 bits per heavy atom. The third kappa shape index (κ3) is 4.19. The maximum Gasteiger partial charge on any atom is 0.470 e. The van der Waals surface area contributed by atoms with E-state index in [1.165, 1.54) is 0 Å². The summed E-state index contributed by atoms with van der Waals surface area (Å²) in [5.74, 6) is 2.17. The highest BCUT2D eigenvalue weighted by molar-refractivity contribution is 7.46. The number of aliphatic hydroxyl groups is 1. The molecule has 4 atom stereocenters. The van der Waals surface area contributed by atoms with Crippen molar-refractivity contribution in [1.29, 1.82) is 0 Å². The first kappa shape index (κ1) is 18.6. The summed E-state index contributed by atoms with van der Waals surface area (Å²) in [6.07, 6.45) is 1.20. The first-order valence-electron chi connectivity index (χ1n) is 6.63. The average Bonchev–Trinajstić information content (AvgIpc) is 2.81. The number of ether oxygens (including phenoxy) is 2. The van der Waals surface area contributed by atoms with Crippen LogP contribution in [0.3, 0.4) is 0 Å². The van der Waals surface area contributed by atoms with Crippen molar-refractivity contribution in [2.24, 2.45) is 0 Å². The zero-order valence-corrected chi connectivity index (χ0v) is 13.0. The van der Waals surface area contributed by atoms with Crippen molar-refractivity contribution >= 4 is 7.82 Å². The Morgan fingerprint density at radius 3 is 2.67 bits per heavy atom. The smallest absolute Gasteiger partial charge is 0.394 e. The van der Waals surface area contributed by atoms with Gasteiger partial charge in [-0.05, 0) is 0 Å². The molecule has 132 valence electrons. The van der Waals surface area contributed by atoms with E-state index in [0.29, 0.717) is 0 Å². The fourth-order valence-electron chi connectivity index (χ4n) is 2.31. The Kier molecular flexibility index (Phi) is 5.74. The highest BCUT2D eigenvalue weighted by atomic mass is 31.2. The Balaban J connectivity index is 2.42. The third-order valence-corrected chi connectivity index (χ3v) is 3.73. The number of aromatic nitrogens is 2. The molecule has 0 aromatic carbocycles. The lowest BCUT2D eigenvalue weighted by Gasteiger charge is -2.24. The number of phosphoric ester groups is 1. The van der Waals surface area contributed by atoms with Gasteiger partial charge in [-0.2, -0.15) is 0 Å². The van der Waals surface area contributed by atoms with Crippen LogP contribution in [0.5, 0.6) is 0 Å². The Bertz CT molecular complexity index is 776. The molecule has 1 saturated heterocycles. The van der Waals surface area contributed by atoms with Crippen LogP contribution < -0.4 is 11.2 Å². The molecule has 1 aromatic heterocycles. The summed E-state index contributed by atoms with van der Waals surface area (Å²) < 4.78 is 27.4. The molecule has 0 radical (unpaired) electrons.